The number of esters is 1. The van der Waals surface area contributed by atoms with E-state index in [4.69, 9.17) is 4.74 Å². The molecule has 3 atom stereocenters. The number of carbonyl (C=O) groups is 3. The Balaban J connectivity index is 1.94. The first-order valence-corrected chi connectivity index (χ1v) is 8.16. The Hall–Kier alpha value is -2.67. The van der Waals surface area contributed by atoms with Crippen LogP contribution in [0.15, 0.2) is 43.0 Å². The molecule has 0 aromatic heterocycles. The van der Waals surface area contributed by atoms with Crippen LogP contribution in [-0.4, -0.2) is 49.1 Å². The Morgan fingerprint density at radius 2 is 2.00 bits per heavy atom. The molecule has 0 saturated carbocycles. The molecule has 134 valence electrons. The van der Waals surface area contributed by atoms with Crippen molar-refractivity contribution in [3.05, 3.63) is 48.6 Å². The first-order chi connectivity index (χ1) is 12.0. The maximum Gasteiger partial charge on any atom is 0.325 e. The lowest BCUT2D eigenvalue weighted by atomic mass is 10.0. The topological polar surface area (TPSA) is 106 Å². The summed E-state index contributed by atoms with van der Waals surface area (Å²) in [5.74, 6) is -1.21. The Bertz CT molecular complexity index is 632. The van der Waals surface area contributed by atoms with Crippen LogP contribution in [0.2, 0.25) is 0 Å². The van der Waals surface area contributed by atoms with Crippen molar-refractivity contribution in [1.29, 1.82) is 0 Å². The Kier molecular flexibility index (Phi) is 6.71. The predicted molar refractivity (Wildman–Crippen MR) is 92.6 cm³/mol. The fraction of sp³-hybridized carbons (Fsp3) is 0.389. The zero-order chi connectivity index (χ0) is 18.2. The van der Waals surface area contributed by atoms with Crippen LogP contribution in [0.4, 0.5) is 0 Å². The zero-order valence-electron chi connectivity index (χ0n) is 14.2. The van der Waals surface area contributed by atoms with Crippen molar-refractivity contribution in [3.8, 4) is 0 Å². The van der Waals surface area contributed by atoms with Gasteiger partial charge in [-0.25, -0.2) is 0 Å². The van der Waals surface area contributed by atoms with Gasteiger partial charge in [0.1, 0.15) is 25.2 Å². The predicted octanol–water partition coefficient (Wildman–Crippen LogP) is -0.0804. The summed E-state index contributed by atoms with van der Waals surface area (Å²) in [5.41, 5.74) is 0.911. The minimum Gasteiger partial charge on any atom is -0.460 e. The minimum atomic E-state index is -0.767. The minimum absolute atomic E-state index is 0.0874. The molecule has 7 nitrogen and oxygen atoms in total. The SMILES string of the molecule is C=CCOC(=O)CNC(=O)C(Cc1ccccc1)NC(=O)[C@H]1N[C@H]1C. The van der Waals surface area contributed by atoms with Gasteiger partial charge in [0.2, 0.25) is 11.8 Å². The summed E-state index contributed by atoms with van der Waals surface area (Å²) in [6.45, 7) is 5.17. The van der Waals surface area contributed by atoms with Gasteiger partial charge in [-0.05, 0) is 12.5 Å². The number of nitrogens with one attached hydrogen (secondary N) is 3. The van der Waals surface area contributed by atoms with E-state index < -0.39 is 17.9 Å². The first kappa shape index (κ1) is 18.7. The highest BCUT2D eigenvalue weighted by molar-refractivity contribution is 5.92. The average molecular weight is 345 g/mol. The summed E-state index contributed by atoms with van der Waals surface area (Å²) in [4.78, 5) is 36.0. The maximum absolute atomic E-state index is 12.4. The Morgan fingerprint density at radius 1 is 1.32 bits per heavy atom. The number of benzene rings is 1. The highest BCUT2D eigenvalue weighted by Crippen LogP contribution is 2.10. The lowest BCUT2D eigenvalue weighted by Gasteiger charge is -2.18. The summed E-state index contributed by atoms with van der Waals surface area (Å²) >= 11 is 0. The fourth-order valence-electron chi connectivity index (χ4n) is 2.34. The Morgan fingerprint density at radius 3 is 2.60 bits per heavy atom. The van der Waals surface area contributed by atoms with E-state index in [-0.39, 0.29) is 31.1 Å². The number of ether oxygens (including phenoxy) is 1. The summed E-state index contributed by atoms with van der Waals surface area (Å²) < 4.78 is 4.81. The van der Waals surface area contributed by atoms with E-state index in [0.29, 0.717) is 6.42 Å². The molecule has 2 amide bonds. The summed E-state index contributed by atoms with van der Waals surface area (Å²) in [5, 5.41) is 8.23. The Labute approximate surface area is 146 Å². The highest BCUT2D eigenvalue weighted by Gasteiger charge is 2.39. The normalized spacial score (nSPS) is 19.4. The van der Waals surface area contributed by atoms with Gasteiger partial charge in [-0.2, -0.15) is 0 Å². The van der Waals surface area contributed by atoms with Crippen molar-refractivity contribution in [1.82, 2.24) is 16.0 Å². The molecule has 25 heavy (non-hydrogen) atoms. The van der Waals surface area contributed by atoms with E-state index in [1.54, 1.807) is 0 Å². The number of hydrogen-bond acceptors (Lipinski definition) is 5. The van der Waals surface area contributed by atoms with E-state index in [9.17, 15) is 14.4 Å². The van der Waals surface area contributed by atoms with Gasteiger partial charge in [0.05, 0.1) is 0 Å². The second kappa shape index (κ2) is 8.98. The van der Waals surface area contributed by atoms with E-state index in [2.05, 4.69) is 22.5 Å². The van der Waals surface area contributed by atoms with Crippen molar-refractivity contribution in [3.63, 3.8) is 0 Å². The van der Waals surface area contributed by atoms with Crippen molar-refractivity contribution in [2.75, 3.05) is 13.2 Å². The van der Waals surface area contributed by atoms with Gasteiger partial charge in [0.25, 0.3) is 0 Å². The first-order valence-electron chi connectivity index (χ1n) is 8.16. The third-order valence-corrected chi connectivity index (χ3v) is 3.80. The van der Waals surface area contributed by atoms with Crippen LogP contribution in [0.1, 0.15) is 12.5 Å². The zero-order valence-corrected chi connectivity index (χ0v) is 14.2. The van der Waals surface area contributed by atoms with Crippen molar-refractivity contribution in [2.45, 2.75) is 31.5 Å². The van der Waals surface area contributed by atoms with Crippen LogP contribution in [0, 0.1) is 0 Å². The second-order valence-corrected chi connectivity index (χ2v) is 5.87. The number of amides is 2. The van der Waals surface area contributed by atoms with Crippen molar-refractivity contribution in [2.24, 2.45) is 0 Å². The van der Waals surface area contributed by atoms with Gasteiger partial charge in [-0.1, -0.05) is 43.0 Å². The molecule has 1 aliphatic rings. The molecular weight excluding hydrogens is 322 g/mol. The number of rotatable bonds is 9. The summed E-state index contributed by atoms with van der Waals surface area (Å²) in [6.07, 6.45) is 1.78. The van der Waals surface area contributed by atoms with Crippen LogP contribution < -0.4 is 16.0 Å². The smallest absolute Gasteiger partial charge is 0.325 e. The summed E-state index contributed by atoms with van der Waals surface area (Å²) in [6, 6.07) is 8.43. The molecule has 0 radical (unpaired) electrons. The molecule has 1 heterocycles. The van der Waals surface area contributed by atoms with Crippen LogP contribution >= 0.6 is 0 Å². The fourth-order valence-corrected chi connectivity index (χ4v) is 2.34. The van der Waals surface area contributed by atoms with E-state index in [0.717, 1.165) is 5.56 Å². The molecule has 1 aliphatic heterocycles. The molecule has 1 saturated heterocycles. The van der Waals surface area contributed by atoms with Gasteiger partial charge in [-0.3, -0.25) is 19.7 Å². The van der Waals surface area contributed by atoms with Crippen molar-refractivity contribution < 1.29 is 19.1 Å². The van der Waals surface area contributed by atoms with E-state index in [1.807, 2.05) is 37.3 Å². The lowest BCUT2D eigenvalue weighted by molar-refractivity contribution is -0.143. The van der Waals surface area contributed by atoms with Gasteiger partial charge >= 0.3 is 5.97 Å². The molecule has 1 fully saturated rings. The standard InChI is InChI=1S/C18H23N3O4/c1-3-9-25-15(22)11-19-17(23)14(10-13-7-5-4-6-8-13)21-18(24)16-12(2)20-16/h3-8,12,14,16,20H,1,9-11H2,2H3,(H,19,23)(H,21,24)/t12-,14?,16-/m0/s1. The van der Waals surface area contributed by atoms with Gasteiger partial charge in [0, 0.05) is 12.5 Å². The molecule has 2 rings (SSSR count). The van der Waals surface area contributed by atoms with E-state index >= 15 is 0 Å². The second-order valence-electron chi connectivity index (χ2n) is 5.87. The third kappa shape index (κ3) is 6.04. The molecular formula is C18H23N3O4. The molecule has 3 N–H and O–H groups in total. The molecule has 0 aliphatic carbocycles. The summed E-state index contributed by atoms with van der Waals surface area (Å²) in [7, 11) is 0. The van der Waals surface area contributed by atoms with Gasteiger partial charge in [0.15, 0.2) is 0 Å². The molecule has 1 unspecified atom stereocenters. The third-order valence-electron chi connectivity index (χ3n) is 3.80. The monoisotopic (exact) mass is 345 g/mol. The number of carbonyl (C=O) groups excluding carboxylic acids is 3. The van der Waals surface area contributed by atoms with Gasteiger partial charge in [-0.15, -0.1) is 0 Å². The molecule has 0 bridgehead atoms. The van der Waals surface area contributed by atoms with Crippen LogP contribution in [0.5, 0.6) is 0 Å². The maximum atomic E-state index is 12.4. The molecule has 0 spiro atoms. The van der Waals surface area contributed by atoms with Crippen LogP contribution in [-0.2, 0) is 25.5 Å². The molecule has 7 heteroatoms. The molecule has 1 aromatic rings. The van der Waals surface area contributed by atoms with Crippen LogP contribution in [0.3, 0.4) is 0 Å². The molecule has 1 aromatic carbocycles. The average Bonchev–Trinajstić information content (AvgIpc) is 3.35. The largest absolute Gasteiger partial charge is 0.460 e. The quantitative estimate of drug-likeness (QED) is 0.330. The number of hydrogen-bond donors (Lipinski definition) is 3. The van der Waals surface area contributed by atoms with E-state index in [1.165, 1.54) is 6.08 Å². The lowest BCUT2D eigenvalue weighted by Crippen LogP contribution is -2.50. The van der Waals surface area contributed by atoms with Crippen LogP contribution in [0.25, 0.3) is 0 Å². The van der Waals surface area contributed by atoms with Gasteiger partial charge < -0.3 is 15.4 Å². The highest BCUT2D eigenvalue weighted by atomic mass is 16.5. The van der Waals surface area contributed by atoms with Crippen molar-refractivity contribution >= 4 is 17.8 Å².